The van der Waals surface area contributed by atoms with Gasteiger partial charge in [0.2, 0.25) is 5.91 Å². The Morgan fingerprint density at radius 1 is 1.27 bits per heavy atom. The third kappa shape index (κ3) is 4.48. The van der Waals surface area contributed by atoms with Crippen LogP contribution in [0.1, 0.15) is 27.9 Å². The summed E-state index contributed by atoms with van der Waals surface area (Å²) in [5, 5.41) is 20.0. The Morgan fingerprint density at radius 3 is 2.50 bits per heavy atom. The molecule has 0 bridgehead atoms. The zero-order valence-electron chi connectivity index (χ0n) is 14.1. The summed E-state index contributed by atoms with van der Waals surface area (Å²) in [4.78, 5) is 33.7. The maximum absolute atomic E-state index is 11.6. The van der Waals surface area contributed by atoms with E-state index in [1.165, 1.54) is 10.9 Å². The van der Waals surface area contributed by atoms with Gasteiger partial charge in [-0.3, -0.25) is 14.4 Å². The third-order valence-electron chi connectivity index (χ3n) is 4.07. The number of hydrogen-bond donors (Lipinski definition) is 5. The monoisotopic (exact) mass is 359 g/mol. The number of amides is 1. The van der Waals surface area contributed by atoms with Crippen molar-refractivity contribution in [2.24, 2.45) is 5.73 Å². The van der Waals surface area contributed by atoms with E-state index in [-0.39, 0.29) is 5.91 Å². The highest BCUT2D eigenvalue weighted by molar-refractivity contribution is 6.01. The average Bonchev–Trinajstić information content (AvgIpc) is 2.96. The molecule has 0 radical (unpaired) electrons. The lowest BCUT2D eigenvalue weighted by molar-refractivity contribution is -0.147. The van der Waals surface area contributed by atoms with E-state index in [9.17, 15) is 14.4 Å². The van der Waals surface area contributed by atoms with Crippen LogP contribution in [0.5, 0.6) is 0 Å². The fraction of sp³-hybridized carbons (Fsp3) is 0.278. The van der Waals surface area contributed by atoms with Gasteiger partial charge in [0.1, 0.15) is 6.42 Å². The molecule has 0 aliphatic heterocycles. The number of nitrogens with one attached hydrogen (secondary N) is 2. The van der Waals surface area contributed by atoms with Gasteiger partial charge in [0, 0.05) is 35.2 Å². The highest BCUT2D eigenvalue weighted by Gasteiger charge is 2.24. The first-order chi connectivity index (χ1) is 12.3. The lowest BCUT2D eigenvalue weighted by atomic mass is 9.86. The van der Waals surface area contributed by atoms with Gasteiger partial charge in [0.15, 0.2) is 0 Å². The van der Waals surface area contributed by atoms with E-state index in [1.807, 2.05) is 24.4 Å². The van der Waals surface area contributed by atoms with E-state index in [0.29, 0.717) is 11.6 Å². The average molecular weight is 359 g/mol. The van der Waals surface area contributed by atoms with Crippen LogP contribution >= 0.6 is 0 Å². The van der Waals surface area contributed by atoms with Crippen LogP contribution in [0.15, 0.2) is 31.0 Å². The number of carboxylic acid groups (broad SMARTS) is 2. The van der Waals surface area contributed by atoms with Crippen LogP contribution in [0, 0.1) is 0 Å². The van der Waals surface area contributed by atoms with Gasteiger partial charge in [-0.2, -0.15) is 0 Å². The second kappa shape index (κ2) is 8.30. The molecule has 1 heterocycles. The predicted octanol–water partition coefficient (Wildman–Crippen LogP) is 1.06. The number of aromatic amines is 1. The standard InChI is InChI=1S/C15H17N3O.C3H4O4/c1-2-5-17-10-6-9-8-18-13-4-3-11(15(16)19)12(7-10)14(9)13;4-2(5)1-3(6)7/h2-4,8,10,17-18H,1,5-7H2,(H2,16,19);1H2,(H,4,5)(H,6,7). The topological polar surface area (TPSA) is 146 Å². The highest BCUT2D eigenvalue weighted by atomic mass is 16.4. The molecular weight excluding hydrogens is 338 g/mol. The summed E-state index contributed by atoms with van der Waals surface area (Å²) in [7, 11) is 0. The number of carboxylic acids is 2. The van der Waals surface area contributed by atoms with E-state index in [1.54, 1.807) is 0 Å². The van der Waals surface area contributed by atoms with Crippen molar-refractivity contribution in [1.82, 2.24) is 10.3 Å². The molecule has 6 N–H and O–H groups in total. The third-order valence-corrected chi connectivity index (χ3v) is 4.07. The number of primary amides is 1. The van der Waals surface area contributed by atoms with Gasteiger partial charge < -0.3 is 26.2 Å². The maximum Gasteiger partial charge on any atom is 0.314 e. The number of benzene rings is 1. The van der Waals surface area contributed by atoms with E-state index < -0.39 is 18.4 Å². The lowest BCUT2D eigenvalue weighted by Crippen LogP contribution is -2.36. The molecule has 1 atom stereocenters. The first-order valence-electron chi connectivity index (χ1n) is 8.03. The van der Waals surface area contributed by atoms with Crippen LogP contribution in [0.4, 0.5) is 0 Å². The number of hydrogen-bond acceptors (Lipinski definition) is 4. The molecule has 0 spiro atoms. The molecule has 2 aromatic rings. The van der Waals surface area contributed by atoms with Crippen molar-refractivity contribution in [2.45, 2.75) is 25.3 Å². The summed E-state index contributed by atoms with van der Waals surface area (Å²) in [6, 6.07) is 4.07. The van der Waals surface area contributed by atoms with Crippen molar-refractivity contribution in [1.29, 1.82) is 0 Å². The number of carbonyl (C=O) groups is 3. The lowest BCUT2D eigenvalue weighted by Gasteiger charge is -2.24. The summed E-state index contributed by atoms with van der Waals surface area (Å²) in [5.41, 5.74) is 9.52. The van der Waals surface area contributed by atoms with Crippen LogP contribution in [0.2, 0.25) is 0 Å². The largest absolute Gasteiger partial charge is 0.481 e. The summed E-state index contributed by atoms with van der Waals surface area (Å²) < 4.78 is 0. The Hall–Kier alpha value is -3.13. The maximum atomic E-state index is 11.6. The van der Waals surface area contributed by atoms with Crippen molar-refractivity contribution in [3.8, 4) is 0 Å². The van der Waals surface area contributed by atoms with E-state index in [4.69, 9.17) is 15.9 Å². The molecule has 1 aliphatic carbocycles. The molecule has 0 saturated carbocycles. The van der Waals surface area contributed by atoms with Crippen molar-refractivity contribution in [2.75, 3.05) is 6.54 Å². The Bertz CT molecular complexity index is 844. The Kier molecular flexibility index (Phi) is 6.13. The second-order valence-corrected chi connectivity index (χ2v) is 5.96. The number of aliphatic carboxylic acids is 2. The Labute approximate surface area is 149 Å². The zero-order chi connectivity index (χ0) is 19.3. The van der Waals surface area contributed by atoms with Gasteiger partial charge in [-0.1, -0.05) is 6.08 Å². The molecule has 1 amide bonds. The molecule has 3 rings (SSSR count). The van der Waals surface area contributed by atoms with E-state index in [0.717, 1.165) is 30.5 Å². The summed E-state index contributed by atoms with van der Waals surface area (Å²) >= 11 is 0. The Balaban J connectivity index is 0.000000298. The fourth-order valence-electron chi connectivity index (χ4n) is 3.08. The van der Waals surface area contributed by atoms with Crippen molar-refractivity contribution < 1.29 is 24.6 Å². The molecule has 1 aliphatic rings. The number of H-pyrrole nitrogens is 1. The molecule has 138 valence electrons. The second-order valence-electron chi connectivity index (χ2n) is 5.96. The molecule has 0 fully saturated rings. The van der Waals surface area contributed by atoms with Crippen molar-refractivity contribution in [3.05, 3.63) is 47.7 Å². The van der Waals surface area contributed by atoms with Gasteiger partial charge >= 0.3 is 11.9 Å². The van der Waals surface area contributed by atoms with Gasteiger partial charge in [-0.15, -0.1) is 6.58 Å². The summed E-state index contributed by atoms with van der Waals surface area (Å²) in [6.45, 7) is 4.49. The van der Waals surface area contributed by atoms with Gasteiger partial charge in [-0.25, -0.2) is 0 Å². The van der Waals surface area contributed by atoms with E-state index >= 15 is 0 Å². The number of rotatable bonds is 6. The van der Waals surface area contributed by atoms with Crippen LogP contribution in [-0.4, -0.2) is 45.6 Å². The zero-order valence-corrected chi connectivity index (χ0v) is 14.1. The normalized spacial score (nSPS) is 15.0. The van der Waals surface area contributed by atoms with Crippen LogP contribution < -0.4 is 11.1 Å². The van der Waals surface area contributed by atoms with Gasteiger partial charge in [-0.05, 0) is 36.1 Å². The van der Waals surface area contributed by atoms with Crippen molar-refractivity contribution in [3.63, 3.8) is 0 Å². The molecule has 8 nitrogen and oxygen atoms in total. The minimum atomic E-state index is -1.31. The Morgan fingerprint density at radius 2 is 1.96 bits per heavy atom. The van der Waals surface area contributed by atoms with Crippen molar-refractivity contribution >= 4 is 28.7 Å². The molecule has 26 heavy (non-hydrogen) atoms. The van der Waals surface area contributed by atoms with Crippen LogP contribution in [0.25, 0.3) is 10.9 Å². The minimum Gasteiger partial charge on any atom is -0.481 e. The van der Waals surface area contributed by atoms with Gasteiger partial charge in [0.25, 0.3) is 0 Å². The molecule has 1 aromatic carbocycles. The number of nitrogens with two attached hydrogens (primary N) is 1. The number of aromatic nitrogens is 1. The fourth-order valence-corrected chi connectivity index (χ4v) is 3.08. The first kappa shape index (κ1) is 19.2. The molecule has 0 saturated heterocycles. The summed E-state index contributed by atoms with van der Waals surface area (Å²) in [6.07, 6.45) is 4.86. The molecule has 1 aromatic heterocycles. The SMILES string of the molecule is C=CCNC1Cc2c[nH]c3ccc(C(N)=O)c(c23)C1.O=C(O)CC(=O)O. The predicted molar refractivity (Wildman–Crippen MR) is 96.1 cm³/mol. The number of carbonyl (C=O) groups excluding carboxylic acids is 1. The van der Waals surface area contributed by atoms with Crippen LogP contribution in [-0.2, 0) is 22.4 Å². The van der Waals surface area contributed by atoms with Crippen LogP contribution in [0.3, 0.4) is 0 Å². The summed E-state index contributed by atoms with van der Waals surface area (Å²) in [5.74, 6) is -2.98. The first-order valence-corrected chi connectivity index (χ1v) is 8.03. The highest BCUT2D eigenvalue weighted by Crippen LogP contribution is 2.31. The van der Waals surface area contributed by atoms with E-state index in [2.05, 4.69) is 16.9 Å². The quantitative estimate of drug-likeness (QED) is 0.385. The van der Waals surface area contributed by atoms with Gasteiger partial charge in [0.05, 0.1) is 0 Å². The minimum absolute atomic E-state index is 0.324. The molecular formula is C18H21N3O5. The molecule has 8 heteroatoms. The molecule has 1 unspecified atom stereocenters. The smallest absolute Gasteiger partial charge is 0.314 e.